The lowest BCUT2D eigenvalue weighted by molar-refractivity contribution is -0.138. The molecule has 0 bridgehead atoms. The predicted octanol–water partition coefficient (Wildman–Crippen LogP) is 1.24. The number of hydrogen-bond acceptors (Lipinski definition) is 2. The van der Waals surface area contributed by atoms with E-state index in [4.69, 9.17) is 5.11 Å². The Kier molecular flexibility index (Phi) is 4.11. The molecule has 0 aromatic carbocycles. The average Bonchev–Trinajstić information content (AvgIpc) is 2.00. The number of carbonyl (C=O) groups is 1. The average molecular weight is 159 g/mol. The third-order valence-electron chi connectivity index (χ3n) is 2.37. The highest BCUT2D eigenvalue weighted by molar-refractivity contribution is 5.68. The zero-order valence-electron chi connectivity index (χ0n) is 7.48. The van der Waals surface area contributed by atoms with Gasteiger partial charge in [0.15, 0.2) is 0 Å². The van der Waals surface area contributed by atoms with Crippen LogP contribution >= 0.6 is 0 Å². The molecule has 0 atom stereocenters. The quantitative estimate of drug-likeness (QED) is 0.634. The van der Waals surface area contributed by atoms with Crippen LogP contribution in [-0.4, -0.2) is 23.7 Å². The van der Waals surface area contributed by atoms with Gasteiger partial charge < -0.3 is 10.4 Å². The lowest BCUT2D eigenvalue weighted by Gasteiger charge is -2.29. The topological polar surface area (TPSA) is 49.3 Å². The van der Waals surface area contributed by atoms with Gasteiger partial charge in [-0.3, -0.25) is 4.79 Å². The van der Waals surface area contributed by atoms with E-state index >= 15 is 0 Å². The first kappa shape index (κ1) is 10.4. The summed E-state index contributed by atoms with van der Waals surface area (Å²) in [6, 6.07) is 0. The summed E-state index contributed by atoms with van der Waals surface area (Å²) in [5, 5.41) is 11.7. The Morgan fingerprint density at radius 2 is 1.91 bits per heavy atom. The standard InChI is InChI=1S/C8H17NO2/c1-4-8(5-2,9-3)6-7(10)11/h9H,4-6H2,1-3H3,(H,10,11). The fourth-order valence-corrected chi connectivity index (χ4v) is 1.23. The minimum atomic E-state index is -0.733. The van der Waals surface area contributed by atoms with E-state index in [2.05, 4.69) is 5.32 Å². The highest BCUT2D eigenvalue weighted by Gasteiger charge is 2.26. The molecule has 0 aliphatic heterocycles. The molecule has 0 radical (unpaired) electrons. The maximum atomic E-state index is 10.5. The van der Waals surface area contributed by atoms with Gasteiger partial charge in [-0.15, -0.1) is 0 Å². The van der Waals surface area contributed by atoms with E-state index in [0.717, 1.165) is 12.8 Å². The van der Waals surface area contributed by atoms with Crippen LogP contribution in [0.25, 0.3) is 0 Å². The van der Waals surface area contributed by atoms with Crippen molar-refractivity contribution in [2.24, 2.45) is 0 Å². The summed E-state index contributed by atoms with van der Waals surface area (Å²) in [7, 11) is 1.82. The summed E-state index contributed by atoms with van der Waals surface area (Å²) in [6.45, 7) is 4.01. The molecule has 0 aromatic heterocycles. The van der Waals surface area contributed by atoms with Crippen molar-refractivity contribution in [2.45, 2.75) is 38.6 Å². The highest BCUT2D eigenvalue weighted by atomic mass is 16.4. The monoisotopic (exact) mass is 159 g/mol. The Morgan fingerprint density at radius 1 is 1.45 bits per heavy atom. The molecule has 0 amide bonds. The lowest BCUT2D eigenvalue weighted by Crippen LogP contribution is -2.43. The van der Waals surface area contributed by atoms with Crippen LogP contribution in [0.5, 0.6) is 0 Å². The zero-order chi connectivity index (χ0) is 8.91. The van der Waals surface area contributed by atoms with Crippen LogP contribution in [-0.2, 0) is 4.79 Å². The zero-order valence-corrected chi connectivity index (χ0v) is 7.48. The normalized spacial score (nSPS) is 11.5. The summed E-state index contributed by atoms with van der Waals surface area (Å²) in [6.07, 6.45) is 1.91. The Bertz CT molecular complexity index is 122. The van der Waals surface area contributed by atoms with Crippen molar-refractivity contribution in [3.8, 4) is 0 Å². The van der Waals surface area contributed by atoms with Crippen molar-refractivity contribution in [1.29, 1.82) is 0 Å². The molecule has 0 spiro atoms. The first-order valence-corrected chi connectivity index (χ1v) is 4.01. The predicted molar refractivity (Wildman–Crippen MR) is 44.6 cm³/mol. The minimum Gasteiger partial charge on any atom is -0.481 e. The molecule has 66 valence electrons. The molecule has 2 N–H and O–H groups in total. The van der Waals surface area contributed by atoms with Crippen LogP contribution in [0, 0.1) is 0 Å². The number of hydrogen-bond donors (Lipinski definition) is 2. The number of carboxylic acids is 1. The number of carboxylic acid groups (broad SMARTS) is 1. The first-order chi connectivity index (χ1) is 5.10. The number of rotatable bonds is 5. The van der Waals surface area contributed by atoms with Crippen molar-refractivity contribution in [1.82, 2.24) is 5.32 Å². The second-order valence-corrected chi connectivity index (χ2v) is 2.81. The highest BCUT2D eigenvalue weighted by Crippen LogP contribution is 2.18. The van der Waals surface area contributed by atoms with Gasteiger partial charge in [0.1, 0.15) is 0 Å². The van der Waals surface area contributed by atoms with E-state index in [1.54, 1.807) is 0 Å². The van der Waals surface area contributed by atoms with Gasteiger partial charge in [0.2, 0.25) is 0 Å². The van der Waals surface area contributed by atoms with E-state index in [9.17, 15) is 4.79 Å². The molecule has 0 rings (SSSR count). The Hall–Kier alpha value is -0.570. The fraction of sp³-hybridized carbons (Fsp3) is 0.875. The molecule has 0 saturated carbocycles. The molecule has 3 nitrogen and oxygen atoms in total. The van der Waals surface area contributed by atoms with Crippen LogP contribution in [0.2, 0.25) is 0 Å². The Morgan fingerprint density at radius 3 is 2.00 bits per heavy atom. The van der Waals surface area contributed by atoms with Crippen LogP contribution in [0.4, 0.5) is 0 Å². The van der Waals surface area contributed by atoms with Gasteiger partial charge in [0.25, 0.3) is 0 Å². The summed E-state index contributed by atoms with van der Waals surface area (Å²) >= 11 is 0. The van der Waals surface area contributed by atoms with Gasteiger partial charge >= 0.3 is 5.97 Å². The first-order valence-electron chi connectivity index (χ1n) is 4.01. The number of nitrogens with one attached hydrogen (secondary N) is 1. The van der Waals surface area contributed by atoms with Crippen LogP contribution in [0.1, 0.15) is 33.1 Å². The fourth-order valence-electron chi connectivity index (χ4n) is 1.23. The van der Waals surface area contributed by atoms with Crippen molar-refractivity contribution in [3.63, 3.8) is 0 Å². The van der Waals surface area contributed by atoms with E-state index in [-0.39, 0.29) is 12.0 Å². The van der Waals surface area contributed by atoms with Crippen LogP contribution in [0.3, 0.4) is 0 Å². The van der Waals surface area contributed by atoms with Gasteiger partial charge in [-0.2, -0.15) is 0 Å². The second-order valence-electron chi connectivity index (χ2n) is 2.81. The van der Waals surface area contributed by atoms with E-state index in [1.807, 2.05) is 20.9 Å². The van der Waals surface area contributed by atoms with Crippen molar-refractivity contribution >= 4 is 5.97 Å². The van der Waals surface area contributed by atoms with E-state index in [1.165, 1.54) is 0 Å². The molecule has 0 unspecified atom stereocenters. The van der Waals surface area contributed by atoms with Crippen molar-refractivity contribution in [3.05, 3.63) is 0 Å². The summed E-state index contributed by atoms with van der Waals surface area (Å²) in [5.41, 5.74) is -0.203. The molecule has 0 aliphatic rings. The molecular formula is C8H17NO2. The van der Waals surface area contributed by atoms with Gasteiger partial charge in [0.05, 0.1) is 6.42 Å². The largest absolute Gasteiger partial charge is 0.481 e. The minimum absolute atomic E-state index is 0.203. The van der Waals surface area contributed by atoms with Gasteiger partial charge in [-0.1, -0.05) is 13.8 Å². The number of aliphatic carboxylic acids is 1. The van der Waals surface area contributed by atoms with Crippen LogP contribution in [0.15, 0.2) is 0 Å². The molecule has 11 heavy (non-hydrogen) atoms. The molecule has 0 aliphatic carbocycles. The molecule has 0 fully saturated rings. The summed E-state index contributed by atoms with van der Waals surface area (Å²) < 4.78 is 0. The maximum absolute atomic E-state index is 10.5. The van der Waals surface area contributed by atoms with Crippen molar-refractivity contribution in [2.75, 3.05) is 7.05 Å². The lowest BCUT2D eigenvalue weighted by atomic mass is 9.89. The van der Waals surface area contributed by atoms with Gasteiger partial charge in [-0.25, -0.2) is 0 Å². The third-order valence-corrected chi connectivity index (χ3v) is 2.37. The SMILES string of the molecule is CCC(CC)(CC(=O)O)NC. The summed E-state index contributed by atoms with van der Waals surface area (Å²) in [4.78, 5) is 10.5. The molecule has 0 heterocycles. The Balaban J connectivity index is 4.16. The van der Waals surface area contributed by atoms with Crippen molar-refractivity contribution < 1.29 is 9.90 Å². The van der Waals surface area contributed by atoms with E-state index < -0.39 is 5.97 Å². The Labute approximate surface area is 67.8 Å². The molecule has 0 aromatic rings. The van der Waals surface area contributed by atoms with Gasteiger partial charge in [0, 0.05) is 5.54 Å². The van der Waals surface area contributed by atoms with E-state index in [0.29, 0.717) is 0 Å². The second kappa shape index (κ2) is 4.34. The third kappa shape index (κ3) is 2.89. The van der Waals surface area contributed by atoms with Gasteiger partial charge in [-0.05, 0) is 19.9 Å². The molecule has 0 saturated heterocycles. The smallest absolute Gasteiger partial charge is 0.305 e. The molecular weight excluding hydrogens is 142 g/mol. The maximum Gasteiger partial charge on any atom is 0.305 e. The van der Waals surface area contributed by atoms with Crippen LogP contribution < -0.4 is 5.32 Å². The summed E-state index contributed by atoms with van der Waals surface area (Å²) in [5.74, 6) is -0.733. The molecule has 3 heteroatoms.